The van der Waals surface area contributed by atoms with Crippen molar-refractivity contribution in [1.82, 2.24) is 4.72 Å². The molecule has 3 aromatic rings. The van der Waals surface area contributed by atoms with Crippen LogP contribution < -0.4 is 9.62 Å². The maximum Gasteiger partial charge on any atom is 0.258 e. The monoisotopic (exact) mass is 398 g/mol. The molecule has 1 amide bonds. The molecule has 0 spiro atoms. The largest absolute Gasteiger partial charge is 0.468 e. The highest BCUT2D eigenvalue weighted by molar-refractivity contribution is 7.89. The fourth-order valence-electron chi connectivity index (χ4n) is 2.85. The van der Waals surface area contributed by atoms with Gasteiger partial charge in [0, 0.05) is 17.8 Å². The number of carbonyl (C=O) groups is 1. The third-order valence-electron chi connectivity index (χ3n) is 4.28. The highest BCUT2D eigenvalue weighted by atomic mass is 32.2. The smallest absolute Gasteiger partial charge is 0.258 e. The summed E-state index contributed by atoms with van der Waals surface area (Å²) in [6.07, 6.45) is 1.48. The van der Waals surface area contributed by atoms with Crippen LogP contribution in [0.2, 0.25) is 0 Å². The van der Waals surface area contributed by atoms with Crippen LogP contribution in [-0.2, 0) is 16.6 Å². The van der Waals surface area contributed by atoms with Gasteiger partial charge in [0.15, 0.2) is 0 Å². The summed E-state index contributed by atoms with van der Waals surface area (Å²) in [5.41, 5.74) is 2.13. The van der Waals surface area contributed by atoms with Gasteiger partial charge in [-0.05, 0) is 61.9 Å². The third kappa shape index (κ3) is 4.49. The molecule has 7 heteroatoms. The molecule has 0 bridgehead atoms. The number of anilines is 1. The van der Waals surface area contributed by atoms with E-state index in [9.17, 15) is 13.2 Å². The number of amides is 1. The van der Waals surface area contributed by atoms with Crippen molar-refractivity contribution < 1.29 is 17.6 Å². The van der Waals surface area contributed by atoms with Gasteiger partial charge < -0.3 is 9.32 Å². The molecule has 0 unspecified atom stereocenters. The van der Waals surface area contributed by atoms with E-state index in [4.69, 9.17) is 4.42 Å². The van der Waals surface area contributed by atoms with E-state index >= 15 is 0 Å². The van der Waals surface area contributed by atoms with Crippen LogP contribution in [0, 0.1) is 6.92 Å². The summed E-state index contributed by atoms with van der Waals surface area (Å²) in [5.74, 6) is 0.253. The summed E-state index contributed by atoms with van der Waals surface area (Å²) in [4.78, 5) is 14.7. The van der Waals surface area contributed by atoms with Gasteiger partial charge in [-0.25, -0.2) is 13.1 Å². The first-order valence-corrected chi connectivity index (χ1v) is 10.4. The lowest BCUT2D eigenvalue weighted by molar-refractivity contribution is 0.0988. The molecule has 1 aromatic heterocycles. The van der Waals surface area contributed by atoms with Gasteiger partial charge in [-0.15, -0.1) is 0 Å². The van der Waals surface area contributed by atoms with E-state index in [1.807, 2.05) is 38.1 Å². The normalized spacial score (nSPS) is 11.4. The second-order valence-corrected chi connectivity index (χ2v) is 8.09. The lowest BCUT2D eigenvalue weighted by atomic mass is 10.1. The highest BCUT2D eigenvalue weighted by Crippen LogP contribution is 2.20. The van der Waals surface area contributed by atoms with E-state index < -0.39 is 10.0 Å². The standard InChI is InChI=1S/C21H22N2O4S/c1-3-23(18-9-4-7-16(2)13-18)21(24)17-8-5-11-20(14-17)28(25,26)22-15-19-10-6-12-27-19/h4-14,22H,3,15H2,1-2H3. The number of carbonyl (C=O) groups excluding carboxylic acids is 1. The van der Waals surface area contributed by atoms with E-state index in [-0.39, 0.29) is 17.3 Å². The number of sulfonamides is 1. The van der Waals surface area contributed by atoms with Gasteiger partial charge >= 0.3 is 0 Å². The Morgan fingerprint density at radius 3 is 2.54 bits per heavy atom. The minimum absolute atomic E-state index is 0.0326. The molecule has 0 aliphatic carbocycles. The molecule has 0 aliphatic rings. The van der Waals surface area contributed by atoms with Crippen LogP contribution in [0.5, 0.6) is 0 Å². The molecule has 2 aromatic carbocycles. The first-order chi connectivity index (χ1) is 13.4. The van der Waals surface area contributed by atoms with Crippen molar-refractivity contribution in [3.8, 4) is 0 Å². The van der Waals surface area contributed by atoms with Crippen molar-refractivity contribution in [3.05, 3.63) is 83.8 Å². The van der Waals surface area contributed by atoms with Crippen LogP contribution in [0.15, 0.2) is 76.2 Å². The van der Waals surface area contributed by atoms with Gasteiger partial charge in [0.25, 0.3) is 5.91 Å². The zero-order valence-electron chi connectivity index (χ0n) is 15.8. The first-order valence-electron chi connectivity index (χ1n) is 8.91. The van der Waals surface area contributed by atoms with Crippen molar-refractivity contribution in [3.63, 3.8) is 0 Å². The van der Waals surface area contributed by atoms with Gasteiger partial charge in [-0.1, -0.05) is 18.2 Å². The molecule has 3 rings (SSSR count). The van der Waals surface area contributed by atoms with Crippen LogP contribution in [0.25, 0.3) is 0 Å². The number of furan rings is 1. The molecule has 0 aliphatic heterocycles. The Labute approximate surface area is 164 Å². The second-order valence-electron chi connectivity index (χ2n) is 6.32. The molecule has 1 heterocycles. The van der Waals surface area contributed by atoms with Crippen molar-refractivity contribution in [2.75, 3.05) is 11.4 Å². The maximum atomic E-state index is 13.0. The molecule has 146 valence electrons. The molecule has 0 saturated heterocycles. The minimum atomic E-state index is -3.78. The quantitative estimate of drug-likeness (QED) is 0.658. The SMILES string of the molecule is CCN(C(=O)c1cccc(S(=O)(=O)NCc2ccco2)c1)c1cccc(C)c1. The predicted molar refractivity (Wildman–Crippen MR) is 108 cm³/mol. The van der Waals surface area contributed by atoms with Crippen molar-refractivity contribution >= 4 is 21.6 Å². The molecule has 0 radical (unpaired) electrons. The van der Waals surface area contributed by atoms with Gasteiger partial charge in [0.1, 0.15) is 5.76 Å². The fraction of sp³-hybridized carbons (Fsp3) is 0.190. The van der Waals surface area contributed by atoms with Crippen LogP contribution in [-0.4, -0.2) is 20.9 Å². The molecular formula is C21H22N2O4S. The Balaban J connectivity index is 1.84. The van der Waals surface area contributed by atoms with Gasteiger partial charge in [0.05, 0.1) is 17.7 Å². The summed E-state index contributed by atoms with van der Waals surface area (Å²) < 4.78 is 32.8. The molecule has 6 nitrogen and oxygen atoms in total. The Kier molecular flexibility index (Phi) is 5.96. The van der Waals surface area contributed by atoms with Crippen molar-refractivity contribution in [1.29, 1.82) is 0 Å². The second kappa shape index (κ2) is 8.41. The third-order valence-corrected chi connectivity index (χ3v) is 5.68. The van der Waals surface area contributed by atoms with E-state index in [0.717, 1.165) is 11.3 Å². The number of hydrogen-bond donors (Lipinski definition) is 1. The van der Waals surface area contributed by atoms with E-state index in [1.165, 1.54) is 18.4 Å². The van der Waals surface area contributed by atoms with E-state index in [0.29, 0.717) is 17.9 Å². The van der Waals surface area contributed by atoms with Crippen molar-refractivity contribution in [2.45, 2.75) is 25.3 Å². The van der Waals surface area contributed by atoms with Crippen LogP contribution in [0.1, 0.15) is 28.6 Å². The fourth-order valence-corrected chi connectivity index (χ4v) is 3.89. The Morgan fingerprint density at radius 1 is 1.07 bits per heavy atom. The molecule has 28 heavy (non-hydrogen) atoms. The molecule has 0 atom stereocenters. The number of hydrogen-bond acceptors (Lipinski definition) is 4. The summed E-state index contributed by atoms with van der Waals surface area (Å²) in [6.45, 7) is 4.35. The number of benzene rings is 2. The zero-order chi connectivity index (χ0) is 20.1. The van der Waals surface area contributed by atoms with Crippen LogP contribution >= 0.6 is 0 Å². The molecule has 0 saturated carbocycles. The number of nitrogens with zero attached hydrogens (tertiary/aromatic N) is 1. The topological polar surface area (TPSA) is 79.6 Å². The lowest BCUT2D eigenvalue weighted by Gasteiger charge is -2.22. The molecule has 1 N–H and O–H groups in total. The summed E-state index contributed by atoms with van der Waals surface area (Å²) in [5, 5.41) is 0. The summed E-state index contributed by atoms with van der Waals surface area (Å²) in [7, 11) is -3.78. The predicted octanol–water partition coefficient (Wildman–Crippen LogP) is 3.73. The van der Waals surface area contributed by atoms with Gasteiger partial charge in [-0.3, -0.25) is 4.79 Å². The van der Waals surface area contributed by atoms with Crippen molar-refractivity contribution in [2.24, 2.45) is 0 Å². The lowest BCUT2D eigenvalue weighted by Crippen LogP contribution is -2.31. The number of nitrogens with one attached hydrogen (secondary N) is 1. The van der Waals surface area contributed by atoms with Gasteiger partial charge in [-0.2, -0.15) is 0 Å². The van der Waals surface area contributed by atoms with Gasteiger partial charge in [0.2, 0.25) is 10.0 Å². The van der Waals surface area contributed by atoms with E-state index in [1.54, 1.807) is 29.2 Å². The molecule has 0 fully saturated rings. The maximum absolute atomic E-state index is 13.0. The minimum Gasteiger partial charge on any atom is -0.468 e. The molecular weight excluding hydrogens is 376 g/mol. The zero-order valence-corrected chi connectivity index (χ0v) is 16.6. The number of aryl methyl sites for hydroxylation is 1. The number of rotatable bonds is 7. The average Bonchev–Trinajstić information content (AvgIpc) is 3.21. The summed E-state index contributed by atoms with van der Waals surface area (Å²) >= 11 is 0. The first kappa shape index (κ1) is 19.9. The summed E-state index contributed by atoms with van der Waals surface area (Å²) in [6, 6.07) is 17.0. The Morgan fingerprint density at radius 2 is 1.86 bits per heavy atom. The van der Waals surface area contributed by atoms with Crippen LogP contribution in [0.3, 0.4) is 0 Å². The Bertz CT molecular complexity index is 1060. The average molecular weight is 398 g/mol. The Hall–Kier alpha value is -2.90. The van der Waals surface area contributed by atoms with Crippen LogP contribution in [0.4, 0.5) is 5.69 Å². The highest BCUT2D eigenvalue weighted by Gasteiger charge is 2.20. The van der Waals surface area contributed by atoms with E-state index in [2.05, 4.69) is 4.72 Å².